The van der Waals surface area contributed by atoms with Gasteiger partial charge >= 0.3 is 24.2 Å². The molecule has 0 bridgehead atoms. The Morgan fingerprint density at radius 1 is 0.568 bits per heavy atom. The Labute approximate surface area is 212 Å². The number of hydrogen-bond acceptors (Lipinski definition) is 10. The Morgan fingerprint density at radius 3 is 1.43 bits per heavy atom. The van der Waals surface area contributed by atoms with Crippen LogP contribution in [0.2, 0.25) is 0 Å². The van der Waals surface area contributed by atoms with Gasteiger partial charge in [-0.1, -0.05) is 0 Å². The number of carbonyl (C=O) groups is 4. The van der Waals surface area contributed by atoms with E-state index >= 15 is 0 Å². The first-order chi connectivity index (χ1) is 17.8. The molecule has 0 aliphatic carbocycles. The highest BCUT2D eigenvalue weighted by Gasteiger charge is 2.15. The molecule has 3 aromatic carbocycles. The van der Waals surface area contributed by atoms with Crippen molar-refractivity contribution in [3.63, 3.8) is 0 Å². The van der Waals surface area contributed by atoms with E-state index in [0.29, 0.717) is 5.56 Å². The molecular weight excluding hydrogens is 484 g/mol. The van der Waals surface area contributed by atoms with Crippen molar-refractivity contribution in [2.45, 2.75) is 20.8 Å². The van der Waals surface area contributed by atoms with E-state index in [1.807, 2.05) is 0 Å². The highest BCUT2D eigenvalue weighted by molar-refractivity contribution is 5.92. The fourth-order valence-electron chi connectivity index (χ4n) is 2.93. The molecule has 0 amide bonds. The van der Waals surface area contributed by atoms with E-state index in [1.165, 1.54) is 60.7 Å². The third-order valence-electron chi connectivity index (χ3n) is 4.67. The summed E-state index contributed by atoms with van der Waals surface area (Å²) in [5.41, 5.74) is 1.03. The molecule has 0 unspecified atom stereocenters. The number of rotatable bonds is 8. The van der Waals surface area contributed by atoms with Gasteiger partial charge in [0.25, 0.3) is 0 Å². The van der Waals surface area contributed by atoms with Crippen molar-refractivity contribution in [2.75, 3.05) is 13.2 Å². The minimum absolute atomic E-state index is 0.182. The molecule has 0 radical (unpaired) electrons. The second kappa shape index (κ2) is 12.7. The average molecular weight is 508 g/mol. The normalized spacial score (nSPS) is 10.1. The zero-order chi connectivity index (χ0) is 26.8. The minimum Gasteiger partial charge on any atom is -0.434 e. The molecule has 0 aromatic heterocycles. The third-order valence-corrected chi connectivity index (χ3v) is 4.67. The monoisotopic (exact) mass is 508 g/mol. The lowest BCUT2D eigenvalue weighted by molar-refractivity contribution is 0.0718. The van der Waals surface area contributed by atoms with E-state index in [-0.39, 0.29) is 47.3 Å². The molecule has 0 fully saturated rings. The molecule has 0 heterocycles. The summed E-state index contributed by atoms with van der Waals surface area (Å²) in [6.45, 7) is 5.37. The van der Waals surface area contributed by atoms with Gasteiger partial charge in [0.1, 0.15) is 23.0 Å². The maximum Gasteiger partial charge on any atom is 0.513 e. The summed E-state index contributed by atoms with van der Waals surface area (Å²) in [7, 11) is 0. The fraction of sp³-hybridized carbons (Fsp3) is 0.185. The first kappa shape index (κ1) is 26.7. The first-order valence-electron chi connectivity index (χ1n) is 11.2. The van der Waals surface area contributed by atoms with Crippen molar-refractivity contribution >= 4 is 24.2 Å². The summed E-state index contributed by atoms with van der Waals surface area (Å²) in [5.74, 6) is -0.291. The van der Waals surface area contributed by atoms with Crippen LogP contribution in [0.5, 0.6) is 23.0 Å². The van der Waals surface area contributed by atoms with Crippen LogP contribution in [0.4, 0.5) is 9.59 Å². The molecule has 192 valence electrons. The maximum absolute atomic E-state index is 12.5. The molecular formula is C27H24O10. The molecule has 0 atom stereocenters. The van der Waals surface area contributed by atoms with Crippen molar-refractivity contribution in [1.29, 1.82) is 0 Å². The van der Waals surface area contributed by atoms with Gasteiger partial charge in [-0.05, 0) is 93.1 Å². The third kappa shape index (κ3) is 7.82. The van der Waals surface area contributed by atoms with Crippen molar-refractivity contribution in [3.05, 3.63) is 83.4 Å². The molecule has 0 saturated heterocycles. The van der Waals surface area contributed by atoms with Gasteiger partial charge in [-0.3, -0.25) is 0 Å². The second-order valence-corrected chi connectivity index (χ2v) is 7.33. The van der Waals surface area contributed by atoms with Gasteiger partial charge in [0.2, 0.25) is 0 Å². The van der Waals surface area contributed by atoms with Gasteiger partial charge in [0.05, 0.1) is 24.3 Å². The first-order valence-corrected chi connectivity index (χ1v) is 11.2. The predicted octanol–water partition coefficient (Wildman–Crippen LogP) is 5.50. The van der Waals surface area contributed by atoms with Crippen molar-refractivity contribution in [3.8, 4) is 23.0 Å². The van der Waals surface area contributed by atoms with Gasteiger partial charge in [-0.2, -0.15) is 0 Å². The van der Waals surface area contributed by atoms with Gasteiger partial charge in [0.15, 0.2) is 0 Å². The molecule has 0 aliphatic heterocycles. The van der Waals surface area contributed by atoms with Crippen molar-refractivity contribution in [1.82, 2.24) is 0 Å². The van der Waals surface area contributed by atoms with Crippen LogP contribution in [-0.4, -0.2) is 37.5 Å². The van der Waals surface area contributed by atoms with Crippen molar-refractivity contribution < 1.29 is 47.6 Å². The number of benzene rings is 3. The molecule has 37 heavy (non-hydrogen) atoms. The smallest absolute Gasteiger partial charge is 0.434 e. The lowest BCUT2D eigenvalue weighted by atomic mass is 10.2. The largest absolute Gasteiger partial charge is 0.513 e. The summed E-state index contributed by atoms with van der Waals surface area (Å²) in [5, 5.41) is 0. The van der Waals surface area contributed by atoms with Crippen LogP contribution >= 0.6 is 0 Å². The Bertz CT molecular complexity index is 1260. The zero-order valence-corrected chi connectivity index (χ0v) is 20.3. The fourth-order valence-corrected chi connectivity index (χ4v) is 2.93. The molecule has 0 spiro atoms. The van der Waals surface area contributed by atoms with Crippen LogP contribution < -0.4 is 18.9 Å². The minimum atomic E-state index is -0.839. The standard InChI is InChI=1S/C27H24O10/c1-4-32-26(30)35-20-10-6-18(7-11-20)24(28)34-22-14-15-23(17(3)16-22)37-25(29)19-8-12-21(13-9-19)36-27(31)33-5-2/h6-16H,4-5H2,1-3H3. The zero-order valence-electron chi connectivity index (χ0n) is 20.3. The maximum atomic E-state index is 12.5. The number of carbonyl (C=O) groups excluding carboxylic acids is 4. The average Bonchev–Trinajstić information content (AvgIpc) is 2.86. The quantitative estimate of drug-likeness (QED) is 0.219. The Kier molecular flexibility index (Phi) is 9.20. The Hall–Kier alpha value is -4.86. The molecule has 0 N–H and O–H groups in total. The molecule has 0 aliphatic rings. The van der Waals surface area contributed by atoms with Crippen LogP contribution in [0.25, 0.3) is 0 Å². The van der Waals surface area contributed by atoms with Crippen LogP contribution in [0, 0.1) is 6.92 Å². The summed E-state index contributed by atoms with van der Waals surface area (Å²) < 4.78 is 30.1. The number of aryl methyl sites for hydroxylation is 1. The van der Waals surface area contributed by atoms with E-state index in [9.17, 15) is 19.2 Å². The van der Waals surface area contributed by atoms with Crippen molar-refractivity contribution in [2.24, 2.45) is 0 Å². The van der Waals surface area contributed by atoms with Crippen LogP contribution in [0.3, 0.4) is 0 Å². The van der Waals surface area contributed by atoms with Crippen LogP contribution in [-0.2, 0) is 9.47 Å². The summed E-state index contributed by atoms with van der Waals surface area (Å²) in [4.78, 5) is 47.7. The summed E-state index contributed by atoms with van der Waals surface area (Å²) >= 11 is 0. The van der Waals surface area contributed by atoms with Gasteiger partial charge in [-0.25, -0.2) is 19.2 Å². The SMILES string of the molecule is CCOC(=O)Oc1ccc(C(=O)Oc2ccc(OC(=O)c3ccc(OC(=O)OCC)cc3)c(C)c2)cc1. The molecule has 3 rings (SSSR count). The number of hydrogen-bond donors (Lipinski definition) is 0. The van der Waals surface area contributed by atoms with E-state index in [0.717, 1.165) is 0 Å². The molecule has 10 heteroatoms. The second-order valence-electron chi connectivity index (χ2n) is 7.33. The van der Waals surface area contributed by atoms with E-state index in [2.05, 4.69) is 0 Å². The Morgan fingerprint density at radius 2 is 1.00 bits per heavy atom. The van der Waals surface area contributed by atoms with Gasteiger partial charge in [-0.15, -0.1) is 0 Å². The summed E-state index contributed by atoms with van der Waals surface area (Å²) in [6, 6.07) is 16.1. The lowest BCUT2D eigenvalue weighted by Crippen LogP contribution is -2.12. The highest BCUT2D eigenvalue weighted by Crippen LogP contribution is 2.26. The van der Waals surface area contributed by atoms with Gasteiger partial charge < -0.3 is 28.4 Å². The number of ether oxygens (including phenoxy) is 6. The van der Waals surface area contributed by atoms with E-state index < -0.39 is 24.2 Å². The van der Waals surface area contributed by atoms with E-state index in [1.54, 1.807) is 26.8 Å². The number of esters is 2. The lowest BCUT2D eigenvalue weighted by Gasteiger charge is -2.10. The van der Waals surface area contributed by atoms with Crippen LogP contribution in [0.1, 0.15) is 40.1 Å². The predicted molar refractivity (Wildman–Crippen MR) is 129 cm³/mol. The Balaban J connectivity index is 1.58. The molecule has 3 aromatic rings. The van der Waals surface area contributed by atoms with Crippen LogP contribution in [0.15, 0.2) is 66.7 Å². The topological polar surface area (TPSA) is 124 Å². The summed E-state index contributed by atoms with van der Waals surface area (Å²) in [6.07, 6.45) is -1.68. The molecule has 0 saturated carbocycles. The van der Waals surface area contributed by atoms with Gasteiger partial charge in [0, 0.05) is 0 Å². The molecule has 10 nitrogen and oxygen atoms in total. The van der Waals surface area contributed by atoms with E-state index in [4.69, 9.17) is 28.4 Å². The highest BCUT2D eigenvalue weighted by atomic mass is 16.7.